The Hall–Kier alpha value is -3.35. The highest BCUT2D eigenvalue weighted by Gasteiger charge is 2.20. The SMILES string of the molecule is C.COc1cc(OC)c2c(=O)c(O)c(-c3ccc(OC)c(OC)c3)oc2c1. The van der Waals surface area contributed by atoms with Crippen molar-refractivity contribution in [1.82, 2.24) is 0 Å². The summed E-state index contributed by atoms with van der Waals surface area (Å²) in [6.07, 6.45) is 0. The van der Waals surface area contributed by atoms with Gasteiger partial charge in [0.05, 0.1) is 28.4 Å². The zero-order valence-electron chi connectivity index (χ0n) is 14.8. The number of benzene rings is 2. The molecule has 0 radical (unpaired) electrons. The maximum Gasteiger partial charge on any atom is 0.238 e. The Bertz CT molecular complexity index is 1020. The van der Waals surface area contributed by atoms with E-state index in [1.807, 2.05) is 0 Å². The quantitative estimate of drug-likeness (QED) is 0.726. The Morgan fingerprint density at radius 1 is 0.852 bits per heavy atom. The van der Waals surface area contributed by atoms with E-state index in [1.165, 1.54) is 28.4 Å². The van der Waals surface area contributed by atoms with Crippen LogP contribution in [0.3, 0.4) is 0 Å². The first-order valence-corrected chi connectivity index (χ1v) is 7.68. The maximum atomic E-state index is 12.7. The summed E-state index contributed by atoms with van der Waals surface area (Å²) < 4.78 is 26.7. The summed E-state index contributed by atoms with van der Waals surface area (Å²) in [5, 5.41) is 10.6. The fourth-order valence-corrected chi connectivity index (χ4v) is 2.70. The third kappa shape index (κ3) is 3.36. The lowest BCUT2D eigenvalue weighted by Gasteiger charge is -2.12. The van der Waals surface area contributed by atoms with Crippen molar-refractivity contribution in [2.24, 2.45) is 0 Å². The lowest BCUT2D eigenvalue weighted by atomic mass is 10.1. The predicted octanol–water partition coefficient (Wildman–Crippen LogP) is 3.84. The molecule has 27 heavy (non-hydrogen) atoms. The molecule has 0 aliphatic carbocycles. The lowest BCUT2D eigenvalue weighted by molar-refractivity contribution is 0.355. The van der Waals surface area contributed by atoms with E-state index >= 15 is 0 Å². The van der Waals surface area contributed by atoms with E-state index in [1.54, 1.807) is 30.3 Å². The van der Waals surface area contributed by atoms with E-state index in [0.29, 0.717) is 22.8 Å². The minimum Gasteiger partial charge on any atom is -0.502 e. The number of rotatable bonds is 5. The maximum absolute atomic E-state index is 12.7. The van der Waals surface area contributed by atoms with Gasteiger partial charge in [0.15, 0.2) is 17.3 Å². The molecule has 144 valence electrons. The molecule has 0 aliphatic heterocycles. The van der Waals surface area contributed by atoms with Crippen LogP contribution in [0, 0.1) is 0 Å². The van der Waals surface area contributed by atoms with Crippen LogP contribution >= 0.6 is 0 Å². The highest BCUT2D eigenvalue weighted by molar-refractivity contribution is 5.88. The van der Waals surface area contributed by atoms with Gasteiger partial charge in [-0.3, -0.25) is 4.79 Å². The Balaban J connectivity index is 0.00000261. The van der Waals surface area contributed by atoms with Gasteiger partial charge in [-0.25, -0.2) is 0 Å². The molecule has 3 aromatic rings. The lowest BCUT2D eigenvalue weighted by Crippen LogP contribution is -2.05. The summed E-state index contributed by atoms with van der Waals surface area (Å²) in [6.45, 7) is 0. The highest BCUT2D eigenvalue weighted by Crippen LogP contribution is 2.38. The van der Waals surface area contributed by atoms with Crippen LogP contribution in [0.4, 0.5) is 0 Å². The predicted molar refractivity (Wildman–Crippen MR) is 103 cm³/mol. The second-order valence-electron chi connectivity index (χ2n) is 5.38. The molecule has 2 aromatic carbocycles. The largest absolute Gasteiger partial charge is 0.502 e. The molecule has 0 amide bonds. The van der Waals surface area contributed by atoms with E-state index < -0.39 is 11.2 Å². The fourth-order valence-electron chi connectivity index (χ4n) is 2.70. The monoisotopic (exact) mass is 374 g/mol. The Morgan fingerprint density at radius 2 is 1.52 bits per heavy atom. The van der Waals surface area contributed by atoms with Gasteiger partial charge in [0.2, 0.25) is 11.2 Å². The second kappa shape index (κ2) is 7.90. The van der Waals surface area contributed by atoms with Crippen molar-refractivity contribution in [2.45, 2.75) is 7.43 Å². The van der Waals surface area contributed by atoms with Crippen LogP contribution in [0.2, 0.25) is 0 Å². The number of hydrogen-bond acceptors (Lipinski definition) is 7. The van der Waals surface area contributed by atoms with Gasteiger partial charge in [0.25, 0.3) is 0 Å². The first-order chi connectivity index (χ1) is 12.5. The van der Waals surface area contributed by atoms with Crippen molar-refractivity contribution in [3.63, 3.8) is 0 Å². The van der Waals surface area contributed by atoms with Gasteiger partial charge < -0.3 is 28.5 Å². The minimum atomic E-state index is -0.601. The molecule has 0 saturated carbocycles. The summed E-state index contributed by atoms with van der Waals surface area (Å²) >= 11 is 0. The summed E-state index contributed by atoms with van der Waals surface area (Å²) in [6, 6.07) is 8.03. The van der Waals surface area contributed by atoms with Crippen LogP contribution in [0.15, 0.2) is 39.5 Å². The van der Waals surface area contributed by atoms with Gasteiger partial charge in [0, 0.05) is 17.7 Å². The van der Waals surface area contributed by atoms with Crippen molar-refractivity contribution in [2.75, 3.05) is 28.4 Å². The van der Waals surface area contributed by atoms with Crippen molar-refractivity contribution >= 4 is 11.0 Å². The Morgan fingerprint density at radius 3 is 2.11 bits per heavy atom. The number of ether oxygens (including phenoxy) is 4. The number of fused-ring (bicyclic) bond motifs is 1. The summed E-state index contributed by atoms with van der Waals surface area (Å²) in [5.74, 6) is 1.16. The molecule has 0 atom stereocenters. The van der Waals surface area contributed by atoms with Crippen LogP contribution < -0.4 is 24.4 Å². The highest BCUT2D eigenvalue weighted by atomic mass is 16.5. The van der Waals surface area contributed by atoms with E-state index in [4.69, 9.17) is 23.4 Å². The van der Waals surface area contributed by atoms with Crippen molar-refractivity contribution < 1.29 is 28.5 Å². The molecule has 0 fully saturated rings. The molecule has 7 nitrogen and oxygen atoms in total. The first-order valence-electron chi connectivity index (χ1n) is 7.68. The smallest absolute Gasteiger partial charge is 0.238 e. The second-order valence-corrected chi connectivity index (χ2v) is 5.38. The van der Waals surface area contributed by atoms with Crippen LogP contribution in [0.5, 0.6) is 28.7 Å². The zero-order valence-corrected chi connectivity index (χ0v) is 14.8. The van der Waals surface area contributed by atoms with Crippen LogP contribution in [0.1, 0.15) is 7.43 Å². The van der Waals surface area contributed by atoms with Gasteiger partial charge in [-0.1, -0.05) is 7.43 Å². The number of methoxy groups -OCH3 is 4. The third-order valence-corrected chi connectivity index (χ3v) is 4.01. The molecule has 0 spiro atoms. The Labute approximate surface area is 156 Å². The van der Waals surface area contributed by atoms with Crippen LogP contribution in [0.25, 0.3) is 22.3 Å². The molecular formula is C20H22O7. The Kier molecular flexibility index (Phi) is 5.85. The minimum absolute atomic E-state index is 0. The van der Waals surface area contributed by atoms with Gasteiger partial charge in [-0.2, -0.15) is 0 Å². The molecule has 0 aliphatic rings. The van der Waals surface area contributed by atoms with Crippen molar-refractivity contribution in [3.8, 4) is 40.1 Å². The van der Waals surface area contributed by atoms with Crippen molar-refractivity contribution in [1.29, 1.82) is 0 Å². The number of hydrogen-bond donors (Lipinski definition) is 1. The summed E-state index contributed by atoms with van der Waals surface area (Å²) in [7, 11) is 5.93. The van der Waals surface area contributed by atoms with E-state index in [0.717, 1.165) is 0 Å². The molecule has 1 heterocycles. The first kappa shape index (κ1) is 20.0. The average Bonchev–Trinajstić information content (AvgIpc) is 2.68. The van der Waals surface area contributed by atoms with Crippen LogP contribution in [-0.2, 0) is 0 Å². The normalized spacial score (nSPS) is 10.2. The fraction of sp³-hybridized carbons (Fsp3) is 0.250. The summed E-state index contributed by atoms with van der Waals surface area (Å²) in [5.41, 5.74) is 0.0882. The molecule has 0 bridgehead atoms. The zero-order chi connectivity index (χ0) is 18.8. The molecule has 1 N–H and O–H groups in total. The topological polar surface area (TPSA) is 87.4 Å². The van der Waals surface area contributed by atoms with Gasteiger partial charge in [0.1, 0.15) is 22.5 Å². The van der Waals surface area contributed by atoms with E-state index in [-0.39, 0.29) is 29.9 Å². The van der Waals surface area contributed by atoms with Gasteiger partial charge in [-0.05, 0) is 18.2 Å². The number of aromatic hydroxyl groups is 1. The van der Waals surface area contributed by atoms with Crippen LogP contribution in [-0.4, -0.2) is 33.5 Å². The van der Waals surface area contributed by atoms with E-state index in [9.17, 15) is 9.90 Å². The molecule has 1 aromatic heterocycles. The molecular weight excluding hydrogens is 352 g/mol. The third-order valence-electron chi connectivity index (χ3n) is 4.01. The average molecular weight is 374 g/mol. The van der Waals surface area contributed by atoms with Gasteiger partial charge in [-0.15, -0.1) is 0 Å². The summed E-state index contributed by atoms with van der Waals surface area (Å²) in [4.78, 5) is 12.7. The molecule has 0 unspecified atom stereocenters. The van der Waals surface area contributed by atoms with Gasteiger partial charge >= 0.3 is 0 Å². The molecule has 3 rings (SSSR count). The van der Waals surface area contributed by atoms with E-state index in [2.05, 4.69) is 0 Å². The molecule has 0 saturated heterocycles. The molecule has 7 heteroatoms. The van der Waals surface area contributed by atoms with Crippen molar-refractivity contribution in [3.05, 3.63) is 40.6 Å². The standard InChI is InChI=1S/C19H18O7.CH4/c1-22-11-8-14(25-4)16-15(9-11)26-19(18(21)17(16)20)10-5-6-12(23-2)13(7-10)24-3;/h5-9,21H,1-4H3;1H4.